The Morgan fingerprint density at radius 2 is 2.04 bits per heavy atom. The zero-order chi connectivity index (χ0) is 16.8. The predicted octanol–water partition coefficient (Wildman–Crippen LogP) is 2.79. The van der Waals surface area contributed by atoms with Gasteiger partial charge in [-0.25, -0.2) is 0 Å². The van der Waals surface area contributed by atoms with Gasteiger partial charge in [0.25, 0.3) is 5.91 Å². The van der Waals surface area contributed by atoms with Crippen LogP contribution in [0.3, 0.4) is 0 Å². The SMILES string of the molecule is CNCC1CCN(C(=O)c2cccc(OC)c2OC(F)F)CC1.Cl. The lowest BCUT2D eigenvalue weighted by molar-refractivity contribution is -0.0516. The summed E-state index contributed by atoms with van der Waals surface area (Å²) in [6, 6.07) is 4.58. The van der Waals surface area contributed by atoms with Crippen molar-refractivity contribution in [1.82, 2.24) is 10.2 Å². The third-order valence-corrected chi connectivity index (χ3v) is 4.03. The van der Waals surface area contributed by atoms with E-state index in [4.69, 9.17) is 4.74 Å². The molecule has 0 atom stereocenters. The first-order valence-corrected chi connectivity index (χ1v) is 7.62. The van der Waals surface area contributed by atoms with Crippen LogP contribution in [-0.4, -0.2) is 51.2 Å². The van der Waals surface area contributed by atoms with Crippen molar-refractivity contribution in [3.63, 3.8) is 0 Å². The number of likely N-dealkylation sites (tertiary alicyclic amines) is 1. The van der Waals surface area contributed by atoms with E-state index in [0.717, 1.165) is 19.4 Å². The quantitative estimate of drug-likeness (QED) is 0.843. The molecule has 1 fully saturated rings. The summed E-state index contributed by atoms with van der Waals surface area (Å²) in [4.78, 5) is 14.3. The molecule has 1 amide bonds. The van der Waals surface area contributed by atoms with E-state index in [2.05, 4.69) is 10.1 Å². The smallest absolute Gasteiger partial charge is 0.387 e. The number of methoxy groups -OCH3 is 1. The molecular weight excluding hydrogens is 342 g/mol. The van der Waals surface area contributed by atoms with Crippen molar-refractivity contribution in [2.75, 3.05) is 33.8 Å². The maximum absolute atomic E-state index is 12.7. The van der Waals surface area contributed by atoms with Gasteiger partial charge in [0.1, 0.15) is 0 Å². The highest BCUT2D eigenvalue weighted by Crippen LogP contribution is 2.33. The molecule has 0 unspecified atom stereocenters. The first kappa shape index (κ1) is 20.4. The molecule has 1 heterocycles. The fraction of sp³-hybridized carbons (Fsp3) is 0.562. The van der Waals surface area contributed by atoms with E-state index in [1.807, 2.05) is 7.05 Å². The number of rotatable bonds is 6. The number of carbonyl (C=O) groups excluding carboxylic acids is 1. The second-order valence-corrected chi connectivity index (χ2v) is 5.51. The molecule has 1 aliphatic heterocycles. The molecule has 1 aliphatic rings. The molecule has 8 heteroatoms. The number of hydrogen-bond donors (Lipinski definition) is 1. The monoisotopic (exact) mass is 364 g/mol. The number of carbonyl (C=O) groups is 1. The Hall–Kier alpha value is -1.60. The molecule has 1 aromatic carbocycles. The topological polar surface area (TPSA) is 50.8 Å². The van der Waals surface area contributed by atoms with Crippen LogP contribution in [0.25, 0.3) is 0 Å². The highest BCUT2D eigenvalue weighted by molar-refractivity contribution is 5.97. The lowest BCUT2D eigenvalue weighted by Crippen LogP contribution is -2.40. The molecule has 0 radical (unpaired) electrons. The fourth-order valence-corrected chi connectivity index (χ4v) is 2.85. The van der Waals surface area contributed by atoms with Gasteiger partial charge < -0.3 is 19.7 Å². The van der Waals surface area contributed by atoms with E-state index >= 15 is 0 Å². The molecule has 0 aliphatic carbocycles. The van der Waals surface area contributed by atoms with Crippen molar-refractivity contribution in [3.05, 3.63) is 23.8 Å². The number of benzene rings is 1. The maximum atomic E-state index is 12.7. The van der Waals surface area contributed by atoms with Crippen LogP contribution in [0.1, 0.15) is 23.2 Å². The molecular formula is C16H23ClF2N2O3. The molecule has 1 saturated heterocycles. The number of alkyl halides is 2. The largest absolute Gasteiger partial charge is 0.493 e. The van der Waals surface area contributed by atoms with Gasteiger partial charge in [-0.15, -0.1) is 12.4 Å². The molecule has 0 spiro atoms. The summed E-state index contributed by atoms with van der Waals surface area (Å²) < 4.78 is 34.9. The maximum Gasteiger partial charge on any atom is 0.387 e. The molecule has 2 rings (SSSR count). The van der Waals surface area contributed by atoms with Gasteiger partial charge in [0.05, 0.1) is 12.7 Å². The van der Waals surface area contributed by atoms with Crippen LogP contribution in [0.4, 0.5) is 8.78 Å². The Bertz CT molecular complexity index is 538. The molecule has 5 nitrogen and oxygen atoms in total. The lowest BCUT2D eigenvalue weighted by atomic mass is 9.96. The first-order valence-electron chi connectivity index (χ1n) is 7.62. The molecule has 0 aromatic heterocycles. The number of nitrogens with one attached hydrogen (secondary N) is 1. The second kappa shape index (κ2) is 9.64. The van der Waals surface area contributed by atoms with Crippen molar-refractivity contribution in [3.8, 4) is 11.5 Å². The van der Waals surface area contributed by atoms with E-state index in [-0.39, 0.29) is 35.4 Å². The van der Waals surface area contributed by atoms with Crippen LogP contribution in [-0.2, 0) is 0 Å². The van der Waals surface area contributed by atoms with E-state index in [1.54, 1.807) is 11.0 Å². The summed E-state index contributed by atoms with van der Waals surface area (Å²) in [5.41, 5.74) is 0.108. The second-order valence-electron chi connectivity index (χ2n) is 5.51. The molecule has 1 aromatic rings. The van der Waals surface area contributed by atoms with Crippen LogP contribution in [0, 0.1) is 5.92 Å². The minimum absolute atomic E-state index is 0. The highest BCUT2D eigenvalue weighted by Gasteiger charge is 2.27. The van der Waals surface area contributed by atoms with Gasteiger partial charge in [-0.05, 0) is 44.5 Å². The zero-order valence-corrected chi connectivity index (χ0v) is 14.6. The Morgan fingerprint density at radius 1 is 1.38 bits per heavy atom. The first-order chi connectivity index (χ1) is 11.1. The number of ether oxygens (including phenoxy) is 2. The van der Waals surface area contributed by atoms with Crippen LogP contribution in [0.2, 0.25) is 0 Å². The summed E-state index contributed by atoms with van der Waals surface area (Å²) in [5.74, 6) is 0.155. The van der Waals surface area contributed by atoms with Gasteiger partial charge in [0.15, 0.2) is 11.5 Å². The van der Waals surface area contributed by atoms with Gasteiger partial charge in [0, 0.05) is 13.1 Å². The number of nitrogens with zero attached hydrogens (tertiary/aromatic N) is 1. The van der Waals surface area contributed by atoms with E-state index in [0.29, 0.717) is 19.0 Å². The van der Waals surface area contributed by atoms with Gasteiger partial charge in [-0.1, -0.05) is 6.07 Å². The van der Waals surface area contributed by atoms with Crippen LogP contribution < -0.4 is 14.8 Å². The summed E-state index contributed by atoms with van der Waals surface area (Å²) in [6.07, 6.45) is 1.78. The molecule has 0 bridgehead atoms. The van der Waals surface area contributed by atoms with E-state index in [9.17, 15) is 13.6 Å². The fourth-order valence-electron chi connectivity index (χ4n) is 2.85. The number of amides is 1. The number of hydrogen-bond acceptors (Lipinski definition) is 4. The number of halogens is 3. The van der Waals surface area contributed by atoms with Crippen LogP contribution in [0.5, 0.6) is 11.5 Å². The number of piperidine rings is 1. The normalized spacial score (nSPS) is 15.1. The van der Waals surface area contributed by atoms with Gasteiger partial charge in [-0.3, -0.25) is 4.79 Å². The minimum atomic E-state index is -3.01. The third kappa shape index (κ3) is 4.95. The standard InChI is InChI=1S/C16H22F2N2O3.ClH/c1-19-10-11-6-8-20(9-7-11)15(21)12-4-3-5-13(22-2)14(12)23-16(17)18;/h3-5,11,16,19H,6-10H2,1-2H3;1H. The Kier molecular flexibility index (Phi) is 8.21. The van der Waals surface area contributed by atoms with Crippen molar-refractivity contribution in [2.24, 2.45) is 5.92 Å². The van der Waals surface area contributed by atoms with Crippen LogP contribution in [0.15, 0.2) is 18.2 Å². The summed E-state index contributed by atoms with van der Waals surface area (Å²) in [5, 5.41) is 3.14. The molecule has 24 heavy (non-hydrogen) atoms. The Labute approximate surface area is 146 Å². The van der Waals surface area contributed by atoms with Crippen molar-refractivity contribution >= 4 is 18.3 Å². The zero-order valence-electron chi connectivity index (χ0n) is 13.8. The average molecular weight is 365 g/mol. The Morgan fingerprint density at radius 3 is 2.58 bits per heavy atom. The average Bonchev–Trinajstić information content (AvgIpc) is 2.55. The summed E-state index contributed by atoms with van der Waals surface area (Å²) >= 11 is 0. The van der Waals surface area contributed by atoms with Crippen LogP contribution >= 0.6 is 12.4 Å². The Balaban J connectivity index is 0.00000288. The molecule has 0 saturated carbocycles. The van der Waals surface area contributed by atoms with Crippen molar-refractivity contribution in [1.29, 1.82) is 0 Å². The predicted molar refractivity (Wildman–Crippen MR) is 89.4 cm³/mol. The summed E-state index contributed by atoms with van der Waals surface area (Å²) in [6.45, 7) is -0.882. The van der Waals surface area contributed by atoms with E-state index < -0.39 is 6.61 Å². The van der Waals surface area contributed by atoms with Gasteiger partial charge in [0.2, 0.25) is 0 Å². The highest BCUT2D eigenvalue weighted by atomic mass is 35.5. The summed E-state index contributed by atoms with van der Waals surface area (Å²) in [7, 11) is 3.26. The number of para-hydroxylation sites is 1. The minimum Gasteiger partial charge on any atom is -0.493 e. The van der Waals surface area contributed by atoms with E-state index in [1.165, 1.54) is 19.2 Å². The third-order valence-electron chi connectivity index (χ3n) is 4.03. The van der Waals surface area contributed by atoms with Crippen molar-refractivity contribution in [2.45, 2.75) is 19.5 Å². The molecule has 136 valence electrons. The molecule has 1 N–H and O–H groups in total. The van der Waals surface area contributed by atoms with Gasteiger partial charge in [-0.2, -0.15) is 8.78 Å². The van der Waals surface area contributed by atoms with Gasteiger partial charge >= 0.3 is 6.61 Å². The van der Waals surface area contributed by atoms with Crippen molar-refractivity contribution < 1.29 is 23.0 Å². The lowest BCUT2D eigenvalue weighted by Gasteiger charge is -2.32.